The standard InChI is InChI=1S/C21H25NO2/c1-15(18-13-12-17-8-6-7-9-19(17)14-18)22-21(23)16(2)24-20-10-4-3-5-11-20/h3-5,10-16H,6-9H2,1-2H3,(H,22,23)/t15-,16+/m1/s1. The van der Waals surface area contributed by atoms with E-state index in [-0.39, 0.29) is 11.9 Å². The van der Waals surface area contributed by atoms with Gasteiger partial charge in [0.1, 0.15) is 5.75 Å². The topological polar surface area (TPSA) is 38.3 Å². The van der Waals surface area contributed by atoms with Gasteiger partial charge in [-0.3, -0.25) is 4.79 Å². The first kappa shape index (κ1) is 16.6. The Hall–Kier alpha value is -2.29. The highest BCUT2D eigenvalue weighted by Crippen LogP contribution is 2.25. The van der Waals surface area contributed by atoms with Crippen LogP contribution in [0, 0.1) is 0 Å². The van der Waals surface area contributed by atoms with Gasteiger partial charge in [-0.1, -0.05) is 36.4 Å². The van der Waals surface area contributed by atoms with Crippen LogP contribution in [-0.4, -0.2) is 12.0 Å². The summed E-state index contributed by atoms with van der Waals surface area (Å²) < 4.78 is 5.69. The van der Waals surface area contributed by atoms with Crippen LogP contribution in [0.2, 0.25) is 0 Å². The lowest BCUT2D eigenvalue weighted by molar-refractivity contribution is -0.127. The molecule has 1 N–H and O–H groups in total. The van der Waals surface area contributed by atoms with Gasteiger partial charge >= 0.3 is 0 Å². The van der Waals surface area contributed by atoms with Crippen LogP contribution in [0.5, 0.6) is 5.75 Å². The van der Waals surface area contributed by atoms with E-state index in [0.29, 0.717) is 5.75 Å². The SMILES string of the molecule is C[C@H](Oc1ccccc1)C(=O)N[C@H](C)c1ccc2c(c1)CCCC2. The molecule has 1 aliphatic rings. The van der Waals surface area contributed by atoms with Crippen molar-refractivity contribution in [3.05, 3.63) is 65.2 Å². The van der Waals surface area contributed by atoms with Crippen LogP contribution >= 0.6 is 0 Å². The molecule has 0 unspecified atom stereocenters. The van der Waals surface area contributed by atoms with Gasteiger partial charge in [0.05, 0.1) is 6.04 Å². The van der Waals surface area contributed by atoms with Crippen molar-refractivity contribution in [1.29, 1.82) is 0 Å². The summed E-state index contributed by atoms with van der Waals surface area (Å²) in [5.74, 6) is 0.616. The maximum atomic E-state index is 12.4. The summed E-state index contributed by atoms with van der Waals surface area (Å²) in [4.78, 5) is 12.4. The van der Waals surface area contributed by atoms with Gasteiger partial charge in [-0.15, -0.1) is 0 Å². The van der Waals surface area contributed by atoms with Crippen molar-refractivity contribution in [3.63, 3.8) is 0 Å². The molecule has 2 aromatic rings. The Balaban J connectivity index is 1.61. The molecule has 2 aromatic carbocycles. The molecule has 3 nitrogen and oxygen atoms in total. The molecule has 1 amide bonds. The van der Waals surface area contributed by atoms with Gasteiger partial charge in [-0.25, -0.2) is 0 Å². The Kier molecular flexibility index (Phi) is 5.19. The van der Waals surface area contributed by atoms with E-state index in [4.69, 9.17) is 4.74 Å². The quantitative estimate of drug-likeness (QED) is 0.895. The molecule has 0 bridgehead atoms. The lowest BCUT2D eigenvalue weighted by Crippen LogP contribution is -2.37. The zero-order valence-electron chi connectivity index (χ0n) is 14.4. The molecule has 0 aliphatic heterocycles. The van der Waals surface area contributed by atoms with E-state index in [0.717, 1.165) is 12.0 Å². The molecule has 3 rings (SSSR count). The van der Waals surface area contributed by atoms with Gasteiger partial charge in [0.15, 0.2) is 6.10 Å². The molecule has 0 heterocycles. The van der Waals surface area contributed by atoms with Crippen molar-refractivity contribution in [1.82, 2.24) is 5.32 Å². The molecule has 0 radical (unpaired) electrons. The van der Waals surface area contributed by atoms with Crippen LogP contribution < -0.4 is 10.1 Å². The maximum absolute atomic E-state index is 12.4. The number of hydrogen-bond acceptors (Lipinski definition) is 2. The van der Waals surface area contributed by atoms with Crippen LogP contribution in [0.25, 0.3) is 0 Å². The summed E-state index contributed by atoms with van der Waals surface area (Å²) in [7, 11) is 0. The average Bonchev–Trinajstić information content (AvgIpc) is 2.62. The summed E-state index contributed by atoms with van der Waals surface area (Å²) >= 11 is 0. The summed E-state index contributed by atoms with van der Waals surface area (Å²) in [6, 6.07) is 16.0. The first-order chi connectivity index (χ1) is 11.6. The van der Waals surface area contributed by atoms with Gasteiger partial charge in [0.2, 0.25) is 0 Å². The third-order valence-electron chi connectivity index (χ3n) is 4.66. The number of para-hydroxylation sites is 1. The number of carbonyl (C=O) groups is 1. The van der Waals surface area contributed by atoms with E-state index in [2.05, 4.69) is 23.5 Å². The maximum Gasteiger partial charge on any atom is 0.261 e. The highest BCUT2D eigenvalue weighted by Gasteiger charge is 2.19. The number of aryl methyl sites for hydroxylation is 2. The fourth-order valence-electron chi connectivity index (χ4n) is 3.19. The third kappa shape index (κ3) is 3.97. The van der Waals surface area contributed by atoms with Gasteiger partial charge in [0.25, 0.3) is 5.91 Å². The van der Waals surface area contributed by atoms with Crippen LogP contribution in [-0.2, 0) is 17.6 Å². The largest absolute Gasteiger partial charge is 0.481 e. The first-order valence-electron chi connectivity index (χ1n) is 8.77. The monoisotopic (exact) mass is 323 g/mol. The number of hydrogen-bond donors (Lipinski definition) is 1. The van der Waals surface area contributed by atoms with Gasteiger partial charge < -0.3 is 10.1 Å². The summed E-state index contributed by atoms with van der Waals surface area (Å²) in [5, 5.41) is 3.06. The molecule has 2 atom stereocenters. The Morgan fingerprint density at radius 1 is 1.00 bits per heavy atom. The van der Waals surface area contributed by atoms with E-state index in [1.165, 1.54) is 30.4 Å². The molecule has 0 saturated carbocycles. The Labute approximate surface area is 144 Å². The lowest BCUT2D eigenvalue weighted by Gasteiger charge is -2.21. The number of fused-ring (bicyclic) bond motifs is 1. The van der Waals surface area contributed by atoms with Crippen molar-refractivity contribution in [2.75, 3.05) is 0 Å². The van der Waals surface area contributed by atoms with Crippen molar-refractivity contribution >= 4 is 5.91 Å². The zero-order chi connectivity index (χ0) is 16.9. The first-order valence-corrected chi connectivity index (χ1v) is 8.77. The van der Waals surface area contributed by atoms with Gasteiger partial charge in [-0.2, -0.15) is 0 Å². The third-order valence-corrected chi connectivity index (χ3v) is 4.66. The van der Waals surface area contributed by atoms with Gasteiger partial charge in [-0.05, 0) is 68.4 Å². The molecular formula is C21H25NO2. The van der Waals surface area contributed by atoms with E-state index in [1.807, 2.05) is 37.3 Å². The number of rotatable bonds is 5. The Morgan fingerprint density at radius 3 is 2.46 bits per heavy atom. The molecule has 0 fully saturated rings. The number of ether oxygens (including phenoxy) is 1. The molecule has 24 heavy (non-hydrogen) atoms. The van der Waals surface area contributed by atoms with Crippen LogP contribution in [0.3, 0.4) is 0 Å². The molecule has 0 spiro atoms. The molecule has 0 saturated heterocycles. The predicted molar refractivity (Wildman–Crippen MR) is 96.2 cm³/mol. The van der Waals surface area contributed by atoms with Crippen molar-refractivity contribution < 1.29 is 9.53 Å². The second-order valence-corrected chi connectivity index (χ2v) is 6.54. The van der Waals surface area contributed by atoms with E-state index in [9.17, 15) is 4.79 Å². The van der Waals surface area contributed by atoms with Crippen molar-refractivity contribution in [2.45, 2.75) is 51.7 Å². The lowest BCUT2D eigenvalue weighted by atomic mass is 9.89. The minimum atomic E-state index is -0.521. The predicted octanol–water partition coefficient (Wildman–Crippen LogP) is 4.21. The molecule has 126 valence electrons. The Bertz CT molecular complexity index is 696. The minimum Gasteiger partial charge on any atom is -0.481 e. The number of nitrogens with one attached hydrogen (secondary N) is 1. The van der Waals surface area contributed by atoms with E-state index < -0.39 is 6.10 Å². The molecule has 1 aliphatic carbocycles. The smallest absolute Gasteiger partial charge is 0.261 e. The van der Waals surface area contributed by atoms with Crippen molar-refractivity contribution in [3.8, 4) is 5.75 Å². The highest BCUT2D eigenvalue weighted by atomic mass is 16.5. The van der Waals surface area contributed by atoms with Crippen LogP contribution in [0.4, 0.5) is 0 Å². The van der Waals surface area contributed by atoms with Gasteiger partial charge in [0, 0.05) is 0 Å². The zero-order valence-corrected chi connectivity index (χ0v) is 14.4. The van der Waals surface area contributed by atoms with E-state index in [1.54, 1.807) is 6.92 Å². The fourth-order valence-corrected chi connectivity index (χ4v) is 3.19. The normalized spacial score (nSPS) is 15.9. The summed E-state index contributed by atoms with van der Waals surface area (Å²) in [5.41, 5.74) is 4.06. The number of amides is 1. The molecule has 3 heteroatoms. The minimum absolute atomic E-state index is 0.0217. The Morgan fingerprint density at radius 2 is 1.71 bits per heavy atom. The summed E-state index contributed by atoms with van der Waals surface area (Å²) in [6.07, 6.45) is 4.36. The molecular weight excluding hydrogens is 298 g/mol. The van der Waals surface area contributed by atoms with Crippen LogP contribution in [0.15, 0.2) is 48.5 Å². The number of carbonyl (C=O) groups excluding carboxylic acids is 1. The number of benzene rings is 2. The van der Waals surface area contributed by atoms with E-state index >= 15 is 0 Å². The second kappa shape index (κ2) is 7.52. The second-order valence-electron chi connectivity index (χ2n) is 6.54. The summed E-state index contributed by atoms with van der Waals surface area (Å²) in [6.45, 7) is 3.81. The fraction of sp³-hybridized carbons (Fsp3) is 0.381. The molecule has 0 aromatic heterocycles. The average molecular weight is 323 g/mol. The van der Waals surface area contributed by atoms with Crippen molar-refractivity contribution in [2.24, 2.45) is 0 Å². The van der Waals surface area contributed by atoms with Crippen LogP contribution in [0.1, 0.15) is 49.4 Å². The highest BCUT2D eigenvalue weighted by molar-refractivity contribution is 5.81.